The van der Waals surface area contributed by atoms with Gasteiger partial charge in [-0.15, -0.1) is 0 Å². The van der Waals surface area contributed by atoms with Crippen LogP contribution in [0.2, 0.25) is 10.0 Å². The molecule has 1 amide bonds. The largest absolute Gasteiger partial charge is 0.497 e. The minimum Gasteiger partial charge on any atom is -0.497 e. The second kappa shape index (κ2) is 8.94. The van der Waals surface area contributed by atoms with Gasteiger partial charge >= 0.3 is 0 Å². The Labute approximate surface area is 156 Å². The van der Waals surface area contributed by atoms with Crippen LogP contribution in [0.4, 0.5) is 5.69 Å². The van der Waals surface area contributed by atoms with E-state index in [0.29, 0.717) is 32.8 Å². The molecule has 0 spiro atoms. The molecule has 1 atom stereocenters. The van der Waals surface area contributed by atoms with E-state index in [1.807, 2.05) is 0 Å². The van der Waals surface area contributed by atoms with Gasteiger partial charge in [-0.3, -0.25) is 4.79 Å². The lowest BCUT2D eigenvalue weighted by molar-refractivity contribution is -0.116. The van der Waals surface area contributed by atoms with E-state index < -0.39 is 6.10 Å². The van der Waals surface area contributed by atoms with Gasteiger partial charge in [0.1, 0.15) is 11.5 Å². The summed E-state index contributed by atoms with van der Waals surface area (Å²) in [6.45, 7) is 0. The molecule has 0 fully saturated rings. The van der Waals surface area contributed by atoms with Gasteiger partial charge in [-0.2, -0.15) is 0 Å². The first-order valence-corrected chi connectivity index (χ1v) is 8.35. The molecule has 134 valence electrons. The maximum atomic E-state index is 12.1. The molecule has 0 aliphatic rings. The number of carbonyl (C=O) groups excluding carboxylic acids is 1. The van der Waals surface area contributed by atoms with E-state index in [4.69, 9.17) is 32.7 Å². The molecular formula is C18H19Cl2NO4. The number of benzene rings is 2. The zero-order valence-corrected chi connectivity index (χ0v) is 15.4. The SMILES string of the molecule is COc1ccc(C(O)CCC(=O)Nc2c(Cl)cccc2Cl)c(OC)c1. The molecule has 0 aliphatic heterocycles. The maximum absolute atomic E-state index is 12.1. The van der Waals surface area contributed by atoms with Crippen LogP contribution < -0.4 is 14.8 Å². The van der Waals surface area contributed by atoms with Gasteiger partial charge in [-0.25, -0.2) is 0 Å². The summed E-state index contributed by atoms with van der Waals surface area (Å²) in [5.41, 5.74) is 0.958. The predicted octanol–water partition coefficient (Wildman–Crippen LogP) is 4.46. The second-order valence-electron chi connectivity index (χ2n) is 5.31. The number of halogens is 2. The van der Waals surface area contributed by atoms with Gasteiger partial charge in [0.2, 0.25) is 5.91 Å². The van der Waals surface area contributed by atoms with E-state index in [9.17, 15) is 9.90 Å². The molecule has 25 heavy (non-hydrogen) atoms. The van der Waals surface area contributed by atoms with Crippen LogP contribution in [0.15, 0.2) is 36.4 Å². The van der Waals surface area contributed by atoms with E-state index in [1.54, 1.807) is 43.5 Å². The number of methoxy groups -OCH3 is 2. The topological polar surface area (TPSA) is 67.8 Å². The van der Waals surface area contributed by atoms with Crippen molar-refractivity contribution in [2.24, 2.45) is 0 Å². The molecule has 5 nitrogen and oxygen atoms in total. The highest BCUT2D eigenvalue weighted by molar-refractivity contribution is 6.39. The lowest BCUT2D eigenvalue weighted by Gasteiger charge is -2.16. The quantitative estimate of drug-likeness (QED) is 0.740. The molecule has 1 unspecified atom stereocenters. The number of amides is 1. The van der Waals surface area contributed by atoms with Crippen LogP contribution in [-0.2, 0) is 4.79 Å². The Kier molecular flexibility index (Phi) is 6.93. The van der Waals surface area contributed by atoms with Crippen molar-refractivity contribution in [1.29, 1.82) is 0 Å². The van der Waals surface area contributed by atoms with Crippen LogP contribution >= 0.6 is 23.2 Å². The molecular weight excluding hydrogens is 365 g/mol. The number of rotatable bonds is 7. The van der Waals surface area contributed by atoms with Gasteiger partial charge < -0.3 is 19.9 Å². The molecule has 7 heteroatoms. The number of aliphatic hydroxyl groups excluding tert-OH is 1. The lowest BCUT2D eigenvalue weighted by atomic mass is 10.0. The van der Waals surface area contributed by atoms with Crippen LogP contribution in [0.25, 0.3) is 0 Å². The fourth-order valence-corrected chi connectivity index (χ4v) is 2.83. The smallest absolute Gasteiger partial charge is 0.224 e. The molecule has 0 aliphatic carbocycles. The monoisotopic (exact) mass is 383 g/mol. The van der Waals surface area contributed by atoms with E-state index in [2.05, 4.69) is 5.32 Å². The fourth-order valence-electron chi connectivity index (χ4n) is 2.34. The van der Waals surface area contributed by atoms with Crippen molar-refractivity contribution < 1.29 is 19.4 Å². The van der Waals surface area contributed by atoms with Gasteiger partial charge in [-0.05, 0) is 30.7 Å². The summed E-state index contributed by atoms with van der Waals surface area (Å²) >= 11 is 12.0. The molecule has 2 rings (SSSR count). The van der Waals surface area contributed by atoms with Crippen molar-refractivity contribution in [3.63, 3.8) is 0 Å². The van der Waals surface area contributed by atoms with Crippen molar-refractivity contribution in [1.82, 2.24) is 0 Å². The Bertz CT molecular complexity index is 732. The van der Waals surface area contributed by atoms with E-state index >= 15 is 0 Å². The van der Waals surface area contributed by atoms with Crippen LogP contribution in [-0.4, -0.2) is 25.2 Å². The average molecular weight is 384 g/mol. The number of anilines is 1. The number of aliphatic hydroxyl groups is 1. The Morgan fingerprint density at radius 2 is 1.84 bits per heavy atom. The summed E-state index contributed by atoms with van der Waals surface area (Å²) in [6.07, 6.45) is -0.539. The van der Waals surface area contributed by atoms with Gasteiger partial charge in [0, 0.05) is 18.1 Å². The summed E-state index contributed by atoms with van der Waals surface area (Å²) in [6, 6.07) is 10.1. The van der Waals surface area contributed by atoms with Crippen molar-refractivity contribution in [2.45, 2.75) is 18.9 Å². The number of nitrogens with one attached hydrogen (secondary N) is 1. The minimum atomic E-state index is -0.853. The first-order valence-electron chi connectivity index (χ1n) is 7.60. The summed E-state index contributed by atoms with van der Waals surface area (Å²) in [7, 11) is 3.06. The molecule has 0 aromatic heterocycles. The standard InChI is InChI=1S/C18H19Cl2NO4/c1-24-11-6-7-12(16(10-11)25-2)15(22)8-9-17(23)21-18-13(19)4-3-5-14(18)20/h3-7,10,15,22H,8-9H2,1-2H3,(H,21,23). The Balaban J connectivity index is 2.00. The van der Waals surface area contributed by atoms with Crippen molar-refractivity contribution in [2.75, 3.05) is 19.5 Å². The van der Waals surface area contributed by atoms with Crippen molar-refractivity contribution >= 4 is 34.8 Å². The molecule has 0 radical (unpaired) electrons. The van der Waals surface area contributed by atoms with Crippen molar-refractivity contribution in [3.8, 4) is 11.5 Å². The number of ether oxygens (including phenoxy) is 2. The third kappa shape index (κ3) is 5.01. The van der Waals surface area contributed by atoms with Crippen LogP contribution in [0.3, 0.4) is 0 Å². The van der Waals surface area contributed by atoms with Gasteiger partial charge in [0.05, 0.1) is 36.1 Å². The maximum Gasteiger partial charge on any atom is 0.224 e. The second-order valence-corrected chi connectivity index (χ2v) is 6.12. The zero-order chi connectivity index (χ0) is 18.4. The highest BCUT2D eigenvalue weighted by Crippen LogP contribution is 2.32. The van der Waals surface area contributed by atoms with Crippen LogP contribution in [0.5, 0.6) is 11.5 Å². The molecule has 0 heterocycles. The average Bonchev–Trinajstić information content (AvgIpc) is 2.62. The van der Waals surface area contributed by atoms with E-state index in [1.165, 1.54) is 7.11 Å². The number of hydrogen-bond acceptors (Lipinski definition) is 4. The van der Waals surface area contributed by atoms with E-state index in [-0.39, 0.29) is 18.7 Å². The van der Waals surface area contributed by atoms with Crippen LogP contribution in [0, 0.1) is 0 Å². The van der Waals surface area contributed by atoms with Crippen LogP contribution in [0.1, 0.15) is 24.5 Å². The van der Waals surface area contributed by atoms with Gasteiger partial charge in [0.15, 0.2) is 0 Å². The molecule has 2 N–H and O–H groups in total. The Hall–Kier alpha value is -1.95. The fraction of sp³-hybridized carbons (Fsp3) is 0.278. The van der Waals surface area contributed by atoms with Crippen molar-refractivity contribution in [3.05, 3.63) is 52.0 Å². The number of carbonyl (C=O) groups is 1. The summed E-state index contributed by atoms with van der Waals surface area (Å²) in [5, 5.41) is 13.8. The molecule has 0 bridgehead atoms. The highest BCUT2D eigenvalue weighted by atomic mass is 35.5. The third-order valence-electron chi connectivity index (χ3n) is 3.67. The summed E-state index contributed by atoms with van der Waals surface area (Å²) < 4.78 is 10.4. The van der Waals surface area contributed by atoms with E-state index in [0.717, 1.165) is 0 Å². The molecule has 2 aromatic carbocycles. The molecule has 0 saturated carbocycles. The predicted molar refractivity (Wildman–Crippen MR) is 98.8 cm³/mol. The summed E-state index contributed by atoms with van der Waals surface area (Å²) in [4.78, 5) is 12.1. The Morgan fingerprint density at radius 3 is 2.44 bits per heavy atom. The lowest BCUT2D eigenvalue weighted by Crippen LogP contribution is -2.14. The normalized spacial score (nSPS) is 11.7. The number of para-hydroxylation sites is 1. The Morgan fingerprint density at radius 1 is 1.16 bits per heavy atom. The first kappa shape index (κ1) is 19.4. The van der Waals surface area contributed by atoms with Gasteiger partial charge in [0.25, 0.3) is 0 Å². The van der Waals surface area contributed by atoms with Gasteiger partial charge in [-0.1, -0.05) is 29.3 Å². The number of hydrogen-bond donors (Lipinski definition) is 2. The summed E-state index contributed by atoms with van der Waals surface area (Å²) in [5.74, 6) is 0.835. The molecule has 2 aromatic rings. The third-order valence-corrected chi connectivity index (χ3v) is 4.30. The zero-order valence-electron chi connectivity index (χ0n) is 13.9. The minimum absolute atomic E-state index is 0.0951. The molecule has 0 saturated heterocycles. The highest BCUT2D eigenvalue weighted by Gasteiger charge is 2.17. The first-order chi connectivity index (χ1) is 12.0.